The highest BCUT2D eigenvalue weighted by Crippen LogP contribution is 2.05. The van der Waals surface area contributed by atoms with Crippen LogP contribution in [-0.2, 0) is 6.42 Å². The Morgan fingerprint density at radius 1 is 0.875 bits per heavy atom. The van der Waals surface area contributed by atoms with Gasteiger partial charge in [0.25, 0.3) is 0 Å². The Morgan fingerprint density at radius 2 is 1.62 bits per heavy atom. The number of allylic oxidation sites excluding steroid dienone is 2. The maximum absolute atomic E-state index is 2.35. The zero-order valence-corrected chi connectivity index (χ0v) is 10.5. The van der Waals surface area contributed by atoms with Crippen molar-refractivity contribution in [2.75, 3.05) is 0 Å². The predicted octanol–water partition coefficient (Wildman–Crippen LogP) is 5.15. The van der Waals surface area contributed by atoms with E-state index in [2.05, 4.69) is 49.4 Å². The standard InChI is InChI=1S/C16H24/c1-2-3-4-5-6-7-8-10-13-16-14-11-9-12-15-16/h7-9,11-12,14-15H,2-6,10,13H2,1H3. The summed E-state index contributed by atoms with van der Waals surface area (Å²) in [6.07, 6.45) is 13.8. The zero-order chi connectivity index (χ0) is 11.5. The molecule has 0 unspecified atom stereocenters. The molecule has 0 bridgehead atoms. The molecule has 0 fully saturated rings. The molecule has 0 saturated heterocycles. The Bertz CT molecular complexity index is 271. The SMILES string of the molecule is CCCCCCC=CCCc1ccccc1. The van der Waals surface area contributed by atoms with Gasteiger partial charge in [0.2, 0.25) is 0 Å². The molecule has 0 aliphatic heterocycles. The third kappa shape index (κ3) is 6.44. The summed E-state index contributed by atoms with van der Waals surface area (Å²) in [5.74, 6) is 0. The van der Waals surface area contributed by atoms with E-state index in [0.29, 0.717) is 0 Å². The van der Waals surface area contributed by atoms with Crippen molar-refractivity contribution in [3.63, 3.8) is 0 Å². The summed E-state index contributed by atoms with van der Waals surface area (Å²) in [6, 6.07) is 10.7. The summed E-state index contributed by atoms with van der Waals surface area (Å²) in [5.41, 5.74) is 1.44. The van der Waals surface area contributed by atoms with Gasteiger partial charge >= 0.3 is 0 Å². The number of hydrogen-bond donors (Lipinski definition) is 0. The molecule has 0 spiro atoms. The molecule has 0 aromatic heterocycles. The normalized spacial score (nSPS) is 11.1. The molecule has 0 heterocycles. The molecule has 0 N–H and O–H groups in total. The fourth-order valence-electron chi connectivity index (χ4n) is 1.82. The van der Waals surface area contributed by atoms with Crippen LogP contribution in [-0.4, -0.2) is 0 Å². The number of aryl methyl sites for hydroxylation is 1. The van der Waals surface area contributed by atoms with Crippen LogP contribution < -0.4 is 0 Å². The van der Waals surface area contributed by atoms with Gasteiger partial charge in [-0.1, -0.05) is 68.7 Å². The molecule has 0 amide bonds. The lowest BCUT2D eigenvalue weighted by Gasteiger charge is -1.97. The first-order chi connectivity index (χ1) is 7.93. The Hall–Kier alpha value is -1.04. The van der Waals surface area contributed by atoms with Gasteiger partial charge in [-0.2, -0.15) is 0 Å². The van der Waals surface area contributed by atoms with Crippen LogP contribution in [0.4, 0.5) is 0 Å². The molecule has 0 radical (unpaired) electrons. The topological polar surface area (TPSA) is 0 Å². The third-order valence-corrected chi connectivity index (χ3v) is 2.83. The van der Waals surface area contributed by atoms with Gasteiger partial charge in [-0.25, -0.2) is 0 Å². The molecular weight excluding hydrogens is 192 g/mol. The molecule has 0 saturated carbocycles. The largest absolute Gasteiger partial charge is 0.0885 e. The van der Waals surface area contributed by atoms with Gasteiger partial charge in [0.15, 0.2) is 0 Å². The van der Waals surface area contributed by atoms with Crippen LogP contribution in [0.3, 0.4) is 0 Å². The maximum atomic E-state index is 2.35. The van der Waals surface area contributed by atoms with Gasteiger partial charge in [-0.05, 0) is 31.2 Å². The Labute approximate surface area is 100 Å². The van der Waals surface area contributed by atoms with Crippen molar-refractivity contribution in [2.45, 2.75) is 51.9 Å². The van der Waals surface area contributed by atoms with Gasteiger partial charge in [0.05, 0.1) is 0 Å². The summed E-state index contributed by atoms with van der Waals surface area (Å²) in [7, 11) is 0. The van der Waals surface area contributed by atoms with Crippen LogP contribution >= 0.6 is 0 Å². The molecule has 0 aliphatic carbocycles. The van der Waals surface area contributed by atoms with Crippen LogP contribution in [0.15, 0.2) is 42.5 Å². The van der Waals surface area contributed by atoms with Crippen molar-refractivity contribution in [1.29, 1.82) is 0 Å². The lowest BCUT2D eigenvalue weighted by Crippen LogP contribution is -1.81. The molecule has 0 heteroatoms. The predicted molar refractivity (Wildman–Crippen MR) is 72.7 cm³/mol. The highest BCUT2D eigenvalue weighted by Gasteiger charge is 1.88. The first-order valence-electron chi connectivity index (χ1n) is 6.62. The summed E-state index contributed by atoms with van der Waals surface area (Å²) >= 11 is 0. The highest BCUT2D eigenvalue weighted by atomic mass is 13.9. The number of benzene rings is 1. The molecule has 1 rings (SSSR count). The second-order valence-corrected chi connectivity index (χ2v) is 4.35. The van der Waals surface area contributed by atoms with Crippen molar-refractivity contribution < 1.29 is 0 Å². The molecule has 0 nitrogen and oxygen atoms in total. The minimum atomic E-state index is 1.17. The minimum absolute atomic E-state index is 1.17. The molecule has 88 valence electrons. The summed E-state index contributed by atoms with van der Waals surface area (Å²) in [6.45, 7) is 2.26. The summed E-state index contributed by atoms with van der Waals surface area (Å²) in [5, 5.41) is 0. The monoisotopic (exact) mass is 216 g/mol. The molecule has 16 heavy (non-hydrogen) atoms. The molecule has 1 aromatic rings. The van der Waals surface area contributed by atoms with Gasteiger partial charge in [-0.15, -0.1) is 0 Å². The lowest BCUT2D eigenvalue weighted by atomic mass is 10.1. The van der Waals surface area contributed by atoms with Crippen LogP contribution in [0.5, 0.6) is 0 Å². The number of rotatable bonds is 8. The van der Waals surface area contributed by atoms with E-state index >= 15 is 0 Å². The van der Waals surface area contributed by atoms with Gasteiger partial charge in [0, 0.05) is 0 Å². The van der Waals surface area contributed by atoms with E-state index in [4.69, 9.17) is 0 Å². The fourth-order valence-corrected chi connectivity index (χ4v) is 1.82. The molecule has 0 aliphatic rings. The van der Waals surface area contributed by atoms with Crippen molar-refractivity contribution in [1.82, 2.24) is 0 Å². The van der Waals surface area contributed by atoms with Crippen LogP contribution in [0.1, 0.15) is 51.0 Å². The quantitative estimate of drug-likeness (QED) is 0.416. The zero-order valence-electron chi connectivity index (χ0n) is 10.5. The van der Waals surface area contributed by atoms with E-state index < -0.39 is 0 Å². The van der Waals surface area contributed by atoms with Gasteiger partial charge in [0.1, 0.15) is 0 Å². The lowest BCUT2D eigenvalue weighted by molar-refractivity contribution is 0.674. The summed E-state index contributed by atoms with van der Waals surface area (Å²) in [4.78, 5) is 0. The molecule has 0 atom stereocenters. The molecule has 1 aromatic carbocycles. The van der Waals surface area contributed by atoms with Crippen LogP contribution in [0, 0.1) is 0 Å². The van der Waals surface area contributed by atoms with Crippen LogP contribution in [0.25, 0.3) is 0 Å². The fraction of sp³-hybridized carbons (Fsp3) is 0.500. The third-order valence-electron chi connectivity index (χ3n) is 2.83. The van der Waals surface area contributed by atoms with Crippen molar-refractivity contribution in [2.24, 2.45) is 0 Å². The number of hydrogen-bond acceptors (Lipinski definition) is 0. The summed E-state index contributed by atoms with van der Waals surface area (Å²) < 4.78 is 0. The first kappa shape index (κ1) is 13.0. The minimum Gasteiger partial charge on any atom is -0.0885 e. The Balaban J connectivity index is 2.00. The highest BCUT2D eigenvalue weighted by molar-refractivity contribution is 5.15. The van der Waals surface area contributed by atoms with E-state index in [-0.39, 0.29) is 0 Å². The van der Waals surface area contributed by atoms with Crippen molar-refractivity contribution >= 4 is 0 Å². The smallest absolute Gasteiger partial charge is 0.0244 e. The van der Waals surface area contributed by atoms with E-state index in [0.717, 1.165) is 0 Å². The number of unbranched alkanes of at least 4 members (excludes halogenated alkanes) is 4. The van der Waals surface area contributed by atoms with E-state index in [1.165, 1.54) is 50.5 Å². The van der Waals surface area contributed by atoms with Gasteiger partial charge < -0.3 is 0 Å². The first-order valence-corrected chi connectivity index (χ1v) is 6.62. The van der Waals surface area contributed by atoms with Crippen molar-refractivity contribution in [3.8, 4) is 0 Å². The Morgan fingerprint density at radius 3 is 2.38 bits per heavy atom. The average molecular weight is 216 g/mol. The average Bonchev–Trinajstić information content (AvgIpc) is 2.34. The van der Waals surface area contributed by atoms with Gasteiger partial charge in [-0.3, -0.25) is 0 Å². The van der Waals surface area contributed by atoms with Crippen LogP contribution in [0.2, 0.25) is 0 Å². The second-order valence-electron chi connectivity index (χ2n) is 4.35. The maximum Gasteiger partial charge on any atom is -0.0244 e. The van der Waals surface area contributed by atoms with Crippen molar-refractivity contribution in [3.05, 3.63) is 48.0 Å². The molecular formula is C16H24. The van der Waals surface area contributed by atoms with E-state index in [1.807, 2.05) is 0 Å². The van der Waals surface area contributed by atoms with E-state index in [9.17, 15) is 0 Å². The second kappa shape index (κ2) is 9.21. The Kier molecular flexibility index (Phi) is 7.49. The van der Waals surface area contributed by atoms with E-state index in [1.54, 1.807) is 0 Å².